The predicted molar refractivity (Wildman–Crippen MR) is 82.3 cm³/mol. The molecular formula is C17H15F3N2O. The van der Waals surface area contributed by atoms with Crippen molar-refractivity contribution in [3.8, 4) is 0 Å². The molecule has 1 atom stereocenters. The number of fused-ring (bicyclic) bond motifs is 1. The molecule has 2 N–H and O–H groups in total. The van der Waals surface area contributed by atoms with Gasteiger partial charge in [-0.25, -0.2) is 0 Å². The maximum absolute atomic E-state index is 13.4. The van der Waals surface area contributed by atoms with Crippen LogP contribution in [0.4, 0.5) is 18.9 Å². The molecule has 3 nitrogen and oxygen atoms in total. The number of H-pyrrole nitrogens is 1. The van der Waals surface area contributed by atoms with Crippen LogP contribution in [0.2, 0.25) is 0 Å². The van der Waals surface area contributed by atoms with Crippen LogP contribution in [0.5, 0.6) is 0 Å². The average Bonchev–Trinajstić information content (AvgIpc) is 2.48. The van der Waals surface area contributed by atoms with E-state index < -0.39 is 17.7 Å². The summed E-state index contributed by atoms with van der Waals surface area (Å²) < 4.78 is 40.2. The van der Waals surface area contributed by atoms with E-state index in [0.717, 1.165) is 11.8 Å². The highest BCUT2D eigenvalue weighted by Gasteiger charge is 2.38. The minimum absolute atomic E-state index is 0.0938. The van der Waals surface area contributed by atoms with Gasteiger partial charge in [-0.1, -0.05) is 18.2 Å². The Balaban J connectivity index is 2.32. The number of halogens is 3. The van der Waals surface area contributed by atoms with Crippen LogP contribution in [-0.4, -0.2) is 4.98 Å². The SMILES string of the molecule is CC1=C(C)C(c2ccccc2C(F)(F)F)c2c(cc[nH]c2=O)N1. The summed E-state index contributed by atoms with van der Waals surface area (Å²) in [6.07, 6.45) is -2.99. The minimum atomic E-state index is -4.47. The first kappa shape index (κ1) is 15.4. The first-order chi connectivity index (χ1) is 10.8. The van der Waals surface area contributed by atoms with Crippen molar-refractivity contribution in [1.82, 2.24) is 4.98 Å². The van der Waals surface area contributed by atoms with Crippen molar-refractivity contribution in [2.24, 2.45) is 0 Å². The first-order valence-electron chi connectivity index (χ1n) is 7.13. The van der Waals surface area contributed by atoms with Crippen LogP contribution < -0.4 is 10.9 Å². The molecular weight excluding hydrogens is 305 g/mol. The molecule has 1 aromatic heterocycles. The third-order valence-corrected chi connectivity index (χ3v) is 4.21. The molecule has 23 heavy (non-hydrogen) atoms. The second-order valence-corrected chi connectivity index (χ2v) is 5.59. The van der Waals surface area contributed by atoms with Crippen molar-refractivity contribution in [3.05, 3.63) is 74.8 Å². The van der Waals surface area contributed by atoms with E-state index in [1.54, 1.807) is 26.0 Å². The van der Waals surface area contributed by atoms with E-state index in [0.29, 0.717) is 16.8 Å². The highest BCUT2D eigenvalue weighted by atomic mass is 19.4. The van der Waals surface area contributed by atoms with Gasteiger partial charge in [0.05, 0.1) is 11.1 Å². The zero-order chi connectivity index (χ0) is 16.8. The average molecular weight is 320 g/mol. The lowest BCUT2D eigenvalue weighted by Crippen LogP contribution is -2.26. The fourth-order valence-electron chi connectivity index (χ4n) is 3.02. The molecule has 3 rings (SSSR count). The van der Waals surface area contributed by atoms with E-state index in [9.17, 15) is 18.0 Å². The highest BCUT2D eigenvalue weighted by molar-refractivity contribution is 5.64. The van der Waals surface area contributed by atoms with Gasteiger partial charge in [-0.2, -0.15) is 13.2 Å². The predicted octanol–water partition coefficient (Wildman–Crippen LogP) is 4.25. The van der Waals surface area contributed by atoms with Gasteiger partial charge in [0.1, 0.15) is 0 Å². The van der Waals surface area contributed by atoms with Crippen molar-refractivity contribution < 1.29 is 13.2 Å². The van der Waals surface area contributed by atoms with Crippen LogP contribution in [0.15, 0.2) is 52.6 Å². The Hall–Kier alpha value is -2.50. The molecule has 0 aliphatic carbocycles. The lowest BCUT2D eigenvalue weighted by molar-refractivity contribution is -0.138. The smallest absolute Gasteiger partial charge is 0.359 e. The lowest BCUT2D eigenvalue weighted by Gasteiger charge is -2.30. The summed E-state index contributed by atoms with van der Waals surface area (Å²) in [5.41, 5.74) is 1.30. The van der Waals surface area contributed by atoms with Gasteiger partial charge in [-0.3, -0.25) is 4.79 Å². The minimum Gasteiger partial charge on any atom is -0.359 e. The molecule has 0 saturated carbocycles. The summed E-state index contributed by atoms with van der Waals surface area (Å²) in [5.74, 6) is -0.728. The number of allylic oxidation sites excluding steroid dienone is 2. The Morgan fingerprint density at radius 1 is 1.09 bits per heavy atom. The van der Waals surface area contributed by atoms with E-state index in [-0.39, 0.29) is 11.1 Å². The van der Waals surface area contributed by atoms with Gasteiger partial charge in [0.15, 0.2) is 0 Å². The zero-order valence-electron chi connectivity index (χ0n) is 12.6. The van der Waals surface area contributed by atoms with Gasteiger partial charge in [-0.05, 0) is 37.1 Å². The zero-order valence-corrected chi connectivity index (χ0v) is 12.6. The number of aromatic nitrogens is 1. The maximum Gasteiger partial charge on any atom is 0.416 e. The van der Waals surface area contributed by atoms with E-state index in [4.69, 9.17) is 0 Å². The van der Waals surface area contributed by atoms with E-state index >= 15 is 0 Å². The molecule has 1 aliphatic heterocycles. The second kappa shape index (κ2) is 5.30. The third-order valence-electron chi connectivity index (χ3n) is 4.21. The van der Waals surface area contributed by atoms with Gasteiger partial charge in [0.2, 0.25) is 0 Å². The molecule has 2 heterocycles. The number of hydrogen-bond acceptors (Lipinski definition) is 2. The summed E-state index contributed by atoms with van der Waals surface area (Å²) >= 11 is 0. The number of benzene rings is 1. The molecule has 2 aromatic rings. The molecule has 6 heteroatoms. The topological polar surface area (TPSA) is 44.9 Å². The number of alkyl halides is 3. The number of nitrogens with one attached hydrogen (secondary N) is 2. The summed E-state index contributed by atoms with van der Waals surface area (Å²) in [4.78, 5) is 14.8. The fourth-order valence-corrected chi connectivity index (χ4v) is 3.02. The quantitative estimate of drug-likeness (QED) is 0.825. The Labute approximate surface area is 130 Å². The van der Waals surface area contributed by atoms with Crippen LogP contribution in [0.25, 0.3) is 0 Å². The Morgan fingerprint density at radius 3 is 2.48 bits per heavy atom. The molecule has 0 fully saturated rings. The first-order valence-corrected chi connectivity index (χ1v) is 7.13. The van der Waals surface area contributed by atoms with Crippen molar-refractivity contribution in [2.75, 3.05) is 5.32 Å². The number of anilines is 1. The van der Waals surface area contributed by atoms with E-state index in [2.05, 4.69) is 10.3 Å². The number of pyridine rings is 1. The van der Waals surface area contributed by atoms with Crippen LogP contribution in [0.1, 0.15) is 36.5 Å². The summed E-state index contributed by atoms with van der Waals surface area (Å²) in [5, 5.41) is 3.09. The molecule has 0 spiro atoms. The van der Waals surface area contributed by atoms with Gasteiger partial charge < -0.3 is 10.3 Å². The van der Waals surface area contributed by atoms with Crippen LogP contribution in [-0.2, 0) is 6.18 Å². The van der Waals surface area contributed by atoms with Gasteiger partial charge >= 0.3 is 6.18 Å². The van der Waals surface area contributed by atoms with Gasteiger partial charge in [0, 0.05) is 23.5 Å². The van der Waals surface area contributed by atoms with Crippen molar-refractivity contribution in [2.45, 2.75) is 25.9 Å². The summed E-state index contributed by atoms with van der Waals surface area (Å²) in [7, 11) is 0. The second-order valence-electron chi connectivity index (χ2n) is 5.59. The Bertz CT molecular complexity index is 849. The molecule has 0 saturated heterocycles. The Kier molecular flexibility index (Phi) is 3.55. The molecule has 0 amide bonds. The standard InChI is InChI=1S/C17H15F3N2O/c1-9-10(2)22-13-7-8-21-16(23)15(13)14(9)11-5-3-4-6-12(11)17(18,19)20/h3-8,14,22H,1-2H3,(H,21,23). The monoisotopic (exact) mass is 320 g/mol. The molecule has 0 bridgehead atoms. The molecule has 120 valence electrons. The molecule has 1 aliphatic rings. The van der Waals surface area contributed by atoms with Crippen LogP contribution in [0, 0.1) is 0 Å². The molecule has 1 unspecified atom stereocenters. The third kappa shape index (κ3) is 2.54. The van der Waals surface area contributed by atoms with E-state index in [1.807, 2.05) is 0 Å². The molecule has 1 aromatic carbocycles. The largest absolute Gasteiger partial charge is 0.416 e. The summed E-state index contributed by atoms with van der Waals surface area (Å²) in [6, 6.07) is 7.07. The summed E-state index contributed by atoms with van der Waals surface area (Å²) in [6.45, 7) is 3.54. The van der Waals surface area contributed by atoms with Crippen molar-refractivity contribution >= 4 is 5.69 Å². The number of hydrogen-bond donors (Lipinski definition) is 2. The number of aromatic amines is 1. The van der Waals surface area contributed by atoms with Crippen LogP contribution >= 0.6 is 0 Å². The van der Waals surface area contributed by atoms with E-state index in [1.165, 1.54) is 18.3 Å². The van der Waals surface area contributed by atoms with Crippen LogP contribution in [0.3, 0.4) is 0 Å². The highest BCUT2D eigenvalue weighted by Crippen LogP contribution is 2.44. The fraction of sp³-hybridized carbons (Fsp3) is 0.235. The lowest BCUT2D eigenvalue weighted by atomic mass is 9.80. The van der Waals surface area contributed by atoms with Crippen molar-refractivity contribution in [3.63, 3.8) is 0 Å². The number of rotatable bonds is 1. The Morgan fingerprint density at radius 2 is 1.78 bits per heavy atom. The van der Waals surface area contributed by atoms with Gasteiger partial charge in [0.25, 0.3) is 5.56 Å². The maximum atomic E-state index is 13.4. The van der Waals surface area contributed by atoms with Crippen molar-refractivity contribution in [1.29, 1.82) is 0 Å². The normalized spacial score (nSPS) is 17.7. The molecule has 0 radical (unpaired) electrons. The van der Waals surface area contributed by atoms with Gasteiger partial charge in [-0.15, -0.1) is 0 Å².